The van der Waals surface area contributed by atoms with Crippen LogP contribution in [-0.2, 0) is 0 Å². The molecule has 0 aromatic heterocycles. The van der Waals surface area contributed by atoms with Crippen molar-refractivity contribution in [3.8, 4) is 0 Å². The van der Waals surface area contributed by atoms with Crippen LogP contribution in [0.1, 0.15) is 53.9 Å². The highest BCUT2D eigenvalue weighted by Crippen LogP contribution is 2.39. The highest BCUT2D eigenvalue weighted by Gasteiger charge is 2.33. The largest absolute Gasteiger partial charge is 0.309 e. The summed E-state index contributed by atoms with van der Waals surface area (Å²) in [4.78, 5) is 0. The standard InChI is InChI=1S/C12H25N/c1-6-11(13-12(3,4)5)9(2)10-7-8-10/h9-11,13H,6-8H2,1-5H3. The van der Waals surface area contributed by atoms with Crippen LogP contribution in [0.25, 0.3) is 0 Å². The minimum atomic E-state index is 0.268. The summed E-state index contributed by atoms with van der Waals surface area (Å²) in [6, 6.07) is 0.715. The predicted octanol–water partition coefficient (Wildman–Crippen LogP) is 3.20. The summed E-state index contributed by atoms with van der Waals surface area (Å²) in [5.41, 5.74) is 0.268. The van der Waals surface area contributed by atoms with Crippen molar-refractivity contribution in [1.29, 1.82) is 0 Å². The van der Waals surface area contributed by atoms with Gasteiger partial charge in [0, 0.05) is 11.6 Å². The smallest absolute Gasteiger partial charge is 0.00992 e. The van der Waals surface area contributed by atoms with Crippen LogP contribution in [0.3, 0.4) is 0 Å². The second-order valence-corrected chi connectivity index (χ2v) is 5.61. The summed E-state index contributed by atoms with van der Waals surface area (Å²) in [6.45, 7) is 11.5. The number of hydrogen-bond donors (Lipinski definition) is 1. The van der Waals surface area contributed by atoms with E-state index in [0.29, 0.717) is 6.04 Å². The lowest BCUT2D eigenvalue weighted by Crippen LogP contribution is -2.46. The second-order valence-electron chi connectivity index (χ2n) is 5.61. The molecule has 0 aromatic carbocycles. The molecule has 1 aliphatic carbocycles. The van der Waals surface area contributed by atoms with Crippen molar-refractivity contribution in [2.24, 2.45) is 11.8 Å². The lowest BCUT2D eigenvalue weighted by Gasteiger charge is -2.32. The zero-order valence-electron chi connectivity index (χ0n) is 9.85. The molecule has 13 heavy (non-hydrogen) atoms. The van der Waals surface area contributed by atoms with Crippen LogP contribution in [0.4, 0.5) is 0 Å². The molecule has 0 aliphatic heterocycles. The van der Waals surface area contributed by atoms with Crippen LogP contribution in [0.2, 0.25) is 0 Å². The Labute approximate surface area is 83.3 Å². The van der Waals surface area contributed by atoms with Crippen molar-refractivity contribution < 1.29 is 0 Å². The van der Waals surface area contributed by atoms with Crippen LogP contribution in [-0.4, -0.2) is 11.6 Å². The van der Waals surface area contributed by atoms with E-state index in [-0.39, 0.29) is 5.54 Å². The van der Waals surface area contributed by atoms with E-state index in [1.807, 2.05) is 0 Å². The SMILES string of the molecule is CCC(NC(C)(C)C)C(C)C1CC1. The molecule has 0 spiro atoms. The Morgan fingerprint density at radius 1 is 1.31 bits per heavy atom. The normalized spacial score (nSPS) is 22.8. The van der Waals surface area contributed by atoms with Gasteiger partial charge in [-0.3, -0.25) is 0 Å². The van der Waals surface area contributed by atoms with E-state index >= 15 is 0 Å². The van der Waals surface area contributed by atoms with Crippen molar-refractivity contribution in [2.75, 3.05) is 0 Å². The molecular formula is C12H25N. The molecule has 0 saturated heterocycles. The minimum absolute atomic E-state index is 0.268. The summed E-state index contributed by atoms with van der Waals surface area (Å²) in [6.07, 6.45) is 4.18. The van der Waals surface area contributed by atoms with E-state index in [1.165, 1.54) is 19.3 Å². The van der Waals surface area contributed by atoms with Crippen LogP contribution in [0, 0.1) is 11.8 Å². The number of rotatable bonds is 4. The van der Waals surface area contributed by atoms with Crippen molar-refractivity contribution in [3.63, 3.8) is 0 Å². The Hall–Kier alpha value is -0.0400. The van der Waals surface area contributed by atoms with Gasteiger partial charge in [0.1, 0.15) is 0 Å². The zero-order valence-corrected chi connectivity index (χ0v) is 9.85. The molecule has 1 fully saturated rings. The third-order valence-corrected chi connectivity index (χ3v) is 3.06. The molecule has 0 heterocycles. The van der Waals surface area contributed by atoms with Gasteiger partial charge in [0.05, 0.1) is 0 Å². The molecule has 0 bridgehead atoms. The summed E-state index contributed by atoms with van der Waals surface area (Å²) in [5, 5.41) is 3.73. The average Bonchev–Trinajstić information content (AvgIpc) is 2.79. The number of hydrogen-bond acceptors (Lipinski definition) is 1. The highest BCUT2D eigenvalue weighted by atomic mass is 15.0. The zero-order chi connectivity index (χ0) is 10.1. The monoisotopic (exact) mass is 183 g/mol. The second kappa shape index (κ2) is 4.00. The van der Waals surface area contributed by atoms with E-state index in [2.05, 4.69) is 39.9 Å². The van der Waals surface area contributed by atoms with Gasteiger partial charge < -0.3 is 5.32 Å². The summed E-state index contributed by atoms with van der Waals surface area (Å²) in [7, 11) is 0. The topological polar surface area (TPSA) is 12.0 Å². The molecule has 1 N–H and O–H groups in total. The Bertz CT molecular complexity index is 153. The van der Waals surface area contributed by atoms with Gasteiger partial charge >= 0.3 is 0 Å². The van der Waals surface area contributed by atoms with Gasteiger partial charge in [-0.1, -0.05) is 13.8 Å². The lowest BCUT2D eigenvalue weighted by atomic mass is 9.92. The van der Waals surface area contributed by atoms with Crippen LogP contribution >= 0.6 is 0 Å². The molecule has 1 aliphatic rings. The van der Waals surface area contributed by atoms with Crippen molar-refractivity contribution in [2.45, 2.75) is 65.5 Å². The first-order valence-electron chi connectivity index (χ1n) is 5.71. The van der Waals surface area contributed by atoms with E-state index in [0.717, 1.165) is 11.8 Å². The van der Waals surface area contributed by atoms with Gasteiger partial charge in [-0.05, 0) is 51.9 Å². The molecular weight excluding hydrogens is 158 g/mol. The van der Waals surface area contributed by atoms with Gasteiger partial charge in [0.2, 0.25) is 0 Å². The fourth-order valence-electron chi connectivity index (χ4n) is 2.11. The molecule has 78 valence electrons. The Kier molecular flexibility index (Phi) is 3.39. The third-order valence-electron chi connectivity index (χ3n) is 3.06. The third kappa shape index (κ3) is 3.68. The maximum absolute atomic E-state index is 3.73. The molecule has 0 aromatic rings. The molecule has 2 unspecified atom stereocenters. The van der Waals surface area contributed by atoms with Gasteiger partial charge in [0.15, 0.2) is 0 Å². The molecule has 1 nitrogen and oxygen atoms in total. The van der Waals surface area contributed by atoms with E-state index < -0.39 is 0 Å². The van der Waals surface area contributed by atoms with Crippen LogP contribution in [0.5, 0.6) is 0 Å². The summed E-state index contributed by atoms with van der Waals surface area (Å²) < 4.78 is 0. The van der Waals surface area contributed by atoms with Gasteiger partial charge in [-0.2, -0.15) is 0 Å². The van der Waals surface area contributed by atoms with Crippen molar-refractivity contribution >= 4 is 0 Å². The Balaban J connectivity index is 2.41. The Morgan fingerprint density at radius 2 is 1.85 bits per heavy atom. The maximum Gasteiger partial charge on any atom is 0.00992 e. The van der Waals surface area contributed by atoms with Gasteiger partial charge in [0.25, 0.3) is 0 Å². The average molecular weight is 183 g/mol. The fraction of sp³-hybridized carbons (Fsp3) is 1.00. The van der Waals surface area contributed by atoms with Crippen LogP contribution < -0.4 is 5.32 Å². The minimum Gasteiger partial charge on any atom is -0.309 e. The van der Waals surface area contributed by atoms with E-state index in [9.17, 15) is 0 Å². The molecule has 2 atom stereocenters. The highest BCUT2D eigenvalue weighted by molar-refractivity contribution is 4.88. The first kappa shape index (κ1) is 11.0. The lowest BCUT2D eigenvalue weighted by molar-refractivity contribution is 0.266. The summed E-state index contributed by atoms with van der Waals surface area (Å²) in [5.74, 6) is 1.88. The van der Waals surface area contributed by atoms with Crippen molar-refractivity contribution in [3.05, 3.63) is 0 Å². The fourth-order valence-corrected chi connectivity index (χ4v) is 2.11. The van der Waals surface area contributed by atoms with Crippen LogP contribution in [0.15, 0.2) is 0 Å². The predicted molar refractivity (Wildman–Crippen MR) is 58.9 cm³/mol. The van der Waals surface area contributed by atoms with Gasteiger partial charge in [-0.15, -0.1) is 0 Å². The molecule has 0 amide bonds. The van der Waals surface area contributed by atoms with E-state index in [1.54, 1.807) is 0 Å². The summed E-state index contributed by atoms with van der Waals surface area (Å²) >= 11 is 0. The van der Waals surface area contributed by atoms with Crippen molar-refractivity contribution in [1.82, 2.24) is 5.32 Å². The molecule has 1 saturated carbocycles. The first-order valence-corrected chi connectivity index (χ1v) is 5.71. The van der Waals surface area contributed by atoms with E-state index in [4.69, 9.17) is 0 Å². The number of nitrogens with one attached hydrogen (secondary N) is 1. The quantitative estimate of drug-likeness (QED) is 0.706. The maximum atomic E-state index is 3.73. The first-order chi connectivity index (χ1) is 5.94. The van der Waals surface area contributed by atoms with Gasteiger partial charge in [-0.25, -0.2) is 0 Å². The Morgan fingerprint density at radius 3 is 2.15 bits per heavy atom. The molecule has 1 heteroatoms. The molecule has 0 radical (unpaired) electrons. The molecule has 1 rings (SSSR count).